The van der Waals surface area contributed by atoms with Crippen LogP contribution in [0.3, 0.4) is 0 Å². The first-order valence-electron chi connectivity index (χ1n) is 8.04. The molecule has 1 fully saturated rings. The van der Waals surface area contributed by atoms with Gasteiger partial charge >= 0.3 is 5.97 Å². The molecule has 1 aliphatic heterocycles. The Morgan fingerprint density at radius 3 is 2.08 bits per heavy atom. The fourth-order valence-corrected chi connectivity index (χ4v) is 2.82. The standard InChI is InChI=1S/C19H21NO4/c21-18(19(22)23)17-7-5-16(6-8-17)15-3-1-14(2-4-15)13-20-9-11-24-12-10-20/h1-8,18,21H,9-13H2,(H,22,23). The van der Waals surface area contributed by atoms with E-state index in [4.69, 9.17) is 9.84 Å². The van der Waals surface area contributed by atoms with E-state index in [-0.39, 0.29) is 0 Å². The number of ether oxygens (including phenoxy) is 1. The van der Waals surface area contributed by atoms with Gasteiger partial charge in [0.2, 0.25) is 0 Å². The fraction of sp³-hybridized carbons (Fsp3) is 0.316. The van der Waals surface area contributed by atoms with Gasteiger partial charge < -0.3 is 14.9 Å². The highest BCUT2D eigenvalue weighted by molar-refractivity contribution is 5.74. The van der Waals surface area contributed by atoms with Crippen LogP contribution in [0.15, 0.2) is 48.5 Å². The van der Waals surface area contributed by atoms with Gasteiger partial charge in [0, 0.05) is 19.6 Å². The third-order valence-corrected chi connectivity index (χ3v) is 4.26. The van der Waals surface area contributed by atoms with Crippen LogP contribution in [-0.2, 0) is 16.1 Å². The highest BCUT2D eigenvalue weighted by Crippen LogP contribution is 2.23. The largest absolute Gasteiger partial charge is 0.479 e. The molecule has 2 aromatic rings. The van der Waals surface area contributed by atoms with Crippen LogP contribution in [0.4, 0.5) is 0 Å². The molecule has 2 N–H and O–H groups in total. The Balaban J connectivity index is 1.67. The minimum absolute atomic E-state index is 0.384. The first kappa shape index (κ1) is 16.6. The molecule has 0 amide bonds. The highest BCUT2D eigenvalue weighted by atomic mass is 16.5. The maximum Gasteiger partial charge on any atom is 0.337 e. The Kier molecular flexibility index (Phi) is 5.25. The molecule has 0 aliphatic carbocycles. The molecule has 1 heterocycles. The molecule has 0 spiro atoms. The van der Waals surface area contributed by atoms with Crippen LogP contribution >= 0.6 is 0 Å². The van der Waals surface area contributed by atoms with Crippen molar-refractivity contribution >= 4 is 5.97 Å². The Hall–Kier alpha value is -2.21. The first-order chi connectivity index (χ1) is 11.6. The van der Waals surface area contributed by atoms with Crippen LogP contribution in [0.5, 0.6) is 0 Å². The van der Waals surface area contributed by atoms with E-state index in [2.05, 4.69) is 29.2 Å². The molecule has 1 saturated heterocycles. The highest BCUT2D eigenvalue weighted by Gasteiger charge is 2.15. The van der Waals surface area contributed by atoms with Crippen LogP contribution in [0, 0.1) is 0 Å². The average molecular weight is 327 g/mol. The second-order valence-electron chi connectivity index (χ2n) is 5.95. The molecule has 0 aromatic heterocycles. The van der Waals surface area contributed by atoms with Crippen molar-refractivity contribution in [3.63, 3.8) is 0 Å². The van der Waals surface area contributed by atoms with E-state index < -0.39 is 12.1 Å². The van der Waals surface area contributed by atoms with Gasteiger partial charge in [0.15, 0.2) is 6.10 Å². The third-order valence-electron chi connectivity index (χ3n) is 4.26. The molecule has 1 aliphatic rings. The van der Waals surface area contributed by atoms with Gasteiger partial charge in [-0.1, -0.05) is 48.5 Å². The molecular formula is C19H21NO4. The lowest BCUT2D eigenvalue weighted by Crippen LogP contribution is -2.35. The monoisotopic (exact) mass is 327 g/mol. The van der Waals surface area contributed by atoms with E-state index in [1.54, 1.807) is 12.1 Å². The zero-order valence-corrected chi connectivity index (χ0v) is 13.4. The number of hydrogen-bond donors (Lipinski definition) is 2. The predicted octanol–water partition coefficient (Wildman–Crippen LogP) is 2.30. The van der Waals surface area contributed by atoms with Crippen molar-refractivity contribution in [2.75, 3.05) is 26.3 Å². The zero-order valence-electron chi connectivity index (χ0n) is 13.4. The van der Waals surface area contributed by atoms with Gasteiger partial charge in [-0.15, -0.1) is 0 Å². The number of morpholine rings is 1. The van der Waals surface area contributed by atoms with Gasteiger partial charge in [-0.05, 0) is 22.3 Å². The molecule has 5 nitrogen and oxygen atoms in total. The number of carboxylic acids is 1. The Morgan fingerprint density at radius 2 is 1.54 bits per heavy atom. The number of rotatable bonds is 5. The topological polar surface area (TPSA) is 70.0 Å². The Morgan fingerprint density at radius 1 is 1.00 bits per heavy atom. The number of aliphatic hydroxyl groups is 1. The summed E-state index contributed by atoms with van der Waals surface area (Å²) in [6.07, 6.45) is -1.48. The lowest BCUT2D eigenvalue weighted by atomic mass is 10.0. The summed E-state index contributed by atoms with van der Waals surface area (Å²) in [5.41, 5.74) is 3.71. The molecule has 2 aromatic carbocycles. The van der Waals surface area contributed by atoms with Crippen molar-refractivity contribution < 1.29 is 19.7 Å². The molecule has 1 unspecified atom stereocenters. The van der Waals surface area contributed by atoms with Crippen LogP contribution in [0.25, 0.3) is 11.1 Å². The van der Waals surface area contributed by atoms with Crippen LogP contribution < -0.4 is 0 Å². The Labute approximate surface area is 141 Å². The fourth-order valence-electron chi connectivity index (χ4n) is 2.82. The molecule has 0 saturated carbocycles. The number of carbonyl (C=O) groups is 1. The van der Waals surface area contributed by atoms with Crippen molar-refractivity contribution in [1.82, 2.24) is 4.90 Å². The van der Waals surface area contributed by atoms with E-state index in [0.29, 0.717) is 5.56 Å². The molecule has 126 valence electrons. The normalized spacial score (nSPS) is 16.7. The van der Waals surface area contributed by atoms with Gasteiger partial charge in [0.25, 0.3) is 0 Å². The summed E-state index contributed by atoms with van der Waals surface area (Å²) in [6.45, 7) is 4.46. The van der Waals surface area contributed by atoms with Gasteiger partial charge in [0.1, 0.15) is 0 Å². The van der Waals surface area contributed by atoms with Crippen LogP contribution in [-0.4, -0.2) is 47.4 Å². The molecule has 3 rings (SSSR count). The van der Waals surface area contributed by atoms with Crippen LogP contribution in [0.2, 0.25) is 0 Å². The second kappa shape index (κ2) is 7.57. The second-order valence-corrected chi connectivity index (χ2v) is 5.95. The maximum atomic E-state index is 10.8. The number of aliphatic carboxylic acids is 1. The molecule has 0 bridgehead atoms. The molecule has 24 heavy (non-hydrogen) atoms. The summed E-state index contributed by atoms with van der Waals surface area (Å²) in [5.74, 6) is -1.24. The number of hydrogen-bond acceptors (Lipinski definition) is 4. The number of carboxylic acid groups (broad SMARTS) is 1. The minimum atomic E-state index is -1.48. The van der Waals surface area contributed by atoms with Crippen molar-refractivity contribution in [3.05, 3.63) is 59.7 Å². The third kappa shape index (κ3) is 4.00. The van der Waals surface area contributed by atoms with Gasteiger partial charge in [-0.3, -0.25) is 4.90 Å². The van der Waals surface area contributed by atoms with Crippen molar-refractivity contribution in [1.29, 1.82) is 0 Å². The summed E-state index contributed by atoms with van der Waals surface area (Å²) in [7, 11) is 0. The number of benzene rings is 2. The number of aliphatic hydroxyl groups excluding tert-OH is 1. The van der Waals surface area contributed by atoms with Gasteiger partial charge in [-0.2, -0.15) is 0 Å². The van der Waals surface area contributed by atoms with E-state index in [1.807, 2.05) is 12.1 Å². The zero-order chi connectivity index (χ0) is 16.9. The van der Waals surface area contributed by atoms with E-state index in [0.717, 1.165) is 44.0 Å². The quantitative estimate of drug-likeness (QED) is 0.882. The lowest BCUT2D eigenvalue weighted by Gasteiger charge is -2.26. The predicted molar refractivity (Wildman–Crippen MR) is 90.6 cm³/mol. The summed E-state index contributed by atoms with van der Waals surface area (Å²) in [5, 5.41) is 18.4. The molecular weight excluding hydrogens is 306 g/mol. The van der Waals surface area contributed by atoms with Crippen molar-refractivity contribution in [2.24, 2.45) is 0 Å². The summed E-state index contributed by atoms with van der Waals surface area (Å²) >= 11 is 0. The summed E-state index contributed by atoms with van der Waals surface area (Å²) in [4.78, 5) is 13.2. The van der Waals surface area contributed by atoms with Crippen LogP contribution in [0.1, 0.15) is 17.2 Å². The lowest BCUT2D eigenvalue weighted by molar-refractivity contribution is -0.146. The number of nitrogens with zero attached hydrogens (tertiary/aromatic N) is 1. The minimum Gasteiger partial charge on any atom is -0.479 e. The molecule has 1 atom stereocenters. The summed E-state index contributed by atoms with van der Waals surface area (Å²) < 4.78 is 5.36. The summed E-state index contributed by atoms with van der Waals surface area (Å²) in [6, 6.07) is 15.3. The SMILES string of the molecule is O=C(O)C(O)c1ccc(-c2ccc(CN3CCOCC3)cc2)cc1. The van der Waals surface area contributed by atoms with Crippen molar-refractivity contribution in [3.8, 4) is 11.1 Å². The van der Waals surface area contributed by atoms with E-state index >= 15 is 0 Å². The smallest absolute Gasteiger partial charge is 0.337 e. The van der Waals surface area contributed by atoms with E-state index in [1.165, 1.54) is 5.56 Å². The van der Waals surface area contributed by atoms with Gasteiger partial charge in [-0.25, -0.2) is 4.79 Å². The molecule has 5 heteroatoms. The first-order valence-corrected chi connectivity index (χ1v) is 8.04. The molecule has 0 radical (unpaired) electrons. The van der Waals surface area contributed by atoms with E-state index in [9.17, 15) is 9.90 Å². The average Bonchev–Trinajstić information content (AvgIpc) is 2.63. The maximum absolute atomic E-state index is 10.8. The van der Waals surface area contributed by atoms with Crippen molar-refractivity contribution in [2.45, 2.75) is 12.6 Å². The Bertz CT molecular complexity index is 676. The van der Waals surface area contributed by atoms with Gasteiger partial charge in [0.05, 0.1) is 13.2 Å².